The molecule has 12 rings (SSSR count). The van der Waals surface area contributed by atoms with Crippen LogP contribution in [0, 0.1) is 0 Å². The Bertz CT molecular complexity index is 3560. The SMILES string of the molecule is c1ccc(-c2nc(-c3ccc(-c4cc5c(-c6ccccc6)nc6ccccc6c5c5c4oc4ccccc45)cc3)nc(-c3ccc4c(c3)oc3ccccc34)n2)cc1. The summed E-state index contributed by atoms with van der Waals surface area (Å²) in [5.74, 6) is 1.75. The van der Waals surface area contributed by atoms with Gasteiger partial charge in [0.25, 0.3) is 0 Å². The number of nitrogens with zero attached hydrogens (tertiary/aromatic N) is 4. The van der Waals surface area contributed by atoms with E-state index in [9.17, 15) is 0 Å². The lowest BCUT2D eigenvalue weighted by Crippen LogP contribution is -2.00. The first kappa shape index (κ1) is 32.3. The van der Waals surface area contributed by atoms with Crippen LogP contribution in [0.3, 0.4) is 0 Å². The van der Waals surface area contributed by atoms with E-state index in [1.165, 1.54) is 0 Å². The lowest BCUT2D eigenvalue weighted by atomic mass is 9.91. The van der Waals surface area contributed by atoms with E-state index in [0.29, 0.717) is 17.5 Å². The first-order chi connectivity index (χ1) is 28.7. The molecule has 0 bridgehead atoms. The highest BCUT2D eigenvalue weighted by Gasteiger charge is 2.22. The summed E-state index contributed by atoms with van der Waals surface area (Å²) in [5.41, 5.74) is 10.9. The highest BCUT2D eigenvalue weighted by atomic mass is 16.3. The van der Waals surface area contributed by atoms with Gasteiger partial charge in [0, 0.05) is 65.5 Å². The van der Waals surface area contributed by atoms with E-state index in [2.05, 4.69) is 103 Å². The Morgan fingerprint density at radius 1 is 0.310 bits per heavy atom. The predicted octanol–water partition coefficient (Wildman–Crippen LogP) is 13.7. The van der Waals surface area contributed by atoms with Crippen molar-refractivity contribution in [2.45, 2.75) is 0 Å². The third kappa shape index (κ3) is 5.12. The van der Waals surface area contributed by atoms with Crippen molar-refractivity contribution < 1.29 is 8.83 Å². The molecule has 0 aliphatic rings. The number of para-hydroxylation sites is 3. The van der Waals surface area contributed by atoms with Crippen LogP contribution in [0.1, 0.15) is 0 Å². The molecule has 0 aliphatic carbocycles. The van der Waals surface area contributed by atoms with E-state index in [1.54, 1.807) is 0 Å². The number of benzene rings is 8. The van der Waals surface area contributed by atoms with Crippen LogP contribution in [-0.2, 0) is 0 Å². The van der Waals surface area contributed by atoms with Crippen LogP contribution in [-0.4, -0.2) is 19.9 Å². The highest BCUT2D eigenvalue weighted by Crippen LogP contribution is 2.45. The molecule has 0 fully saturated rings. The van der Waals surface area contributed by atoms with Crippen LogP contribution < -0.4 is 0 Å². The van der Waals surface area contributed by atoms with Gasteiger partial charge in [0.15, 0.2) is 17.5 Å². The fraction of sp³-hybridized carbons (Fsp3) is 0. The van der Waals surface area contributed by atoms with Crippen molar-refractivity contribution in [1.29, 1.82) is 0 Å². The zero-order valence-electron chi connectivity index (χ0n) is 30.9. The minimum Gasteiger partial charge on any atom is -0.456 e. The summed E-state index contributed by atoms with van der Waals surface area (Å²) in [4.78, 5) is 20.3. The largest absolute Gasteiger partial charge is 0.456 e. The van der Waals surface area contributed by atoms with Gasteiger partial charge in [0.05, 0.1) is 11.2 Å². The van der Waals surface area contributed by atoms with Crippen molar-refractivity contribution >= 4 is 65.6 Å². The van der Waals surface area contributed by atoms with Crippen LogP contribution in [0.4, 0.5) is 0 Å². The maximum atomic E-state index is 6.77. The van der Waals surface area contributed by atoms with Gasteiger partial charge in [-0.15, -0.1) is 0 Å². The first-order valence-electron chi connectivity index (χ1n) is 19.3. The second-order valence-corrected chi connectivity index (χ2v) is 14.6. The highest BCUT2D eigenvalue weighted by molar-refractivity contribution is 6.30. The molecule has 4 heterocycles. The van der Waals surface area contributed by atoms with Crippen molar-refractivity contribution in [2.75, 3.05) is 0 Å². The van der Waals surface area contributed by atoms with Crippen LogP contribution in [0.5, 0.6) is 0 Å². The molecule has 6 heteroatoms. The molecule has 0 unspecified atom stereocenters. The third-order valence-corrected chi connectivity index (χ3v) is 11.1. The monoisotopic (exact) mass is 742 g/mol. The summed E-state index contributed by atoms with van der Waals surface area (Å²) in [7, 11) is 0. The zero-order chi connectivity index (χ0) is 38.2. The smallest absolute Gasteiger partial charge is 0.164 e. The fourth-order valence-electron chi connectivity index (χ4n) is 8.37. The van der Waals surface area contributed by atoms with Crippen molar-refractivity contribution in [3.05, 3.63) is 182 Å². The molecule has 0 spiro atoms. The second kappa shape index (κ2) is 12.8. The minimum atomic E-state index is 0.571. The van der Waals surface area contributed by atoms with Crippen LogP contribution in [0.2, 0.25) is 0 Å². The molecule has 0 saturated carbocycles. The van der Waals surface area contributed by atoms with Gasteiger partial charge in [-0.2, -0.15) is 0 Å². The molecule has 270 valence electrons. The van der Waals surface area contributed by atoms with Gasteiger partial charge in [-0.05, 0) is 42.0 Å². The average molecular weight is 743 g/mol. The van der Waals surface area contributed by atoms with Gasteiger partial charge in [-0.25, -0.2) is 19.9 Å². The summed E-state index contributed by atoms with van der Waals surface area (Å²) in [6.07, 6.45) is 0. The predicted molar refractivity (Wildman–Crippen MR) is 234 cm³/mol. The summed E-state index contributed by atoms with van der Waals surface area (Å²) in [6.45, 7) is 0. The van der Waals surface area contributed by atoms with Gasteiger partial charge in [0.1, 0.15) is 22.3 Å². The number of aromatic nitrogens is 4. The first-order valence-corrected chi connectivity index (χ1v) is 19.3. The Morgan fingerprint density at radius 3 is 1.59 bits per heavy atom. The number of rotatable bonds is 5. The molecular formula is C52H30N4O2. The summed E-state index contributed by atoms with van der Waals surface area (Å²) in [5, 5.41) is 7.59. The molecule has 0 amide bonds. The van der Waals surface area contributed by atoms with Gasteiger partial charge in [-0.1, -0.05) is 146 Å². The molecule has 0 atom stereocenters. The van der Waals surface area contributed by atoms with Crippen LogP contribution in [0.15, 0.2) is 191 Å². The molecule has 58 heavy (non-hydrogen) atoms. The maximum Gasteiger partial charge on any atom is 0.164 e. The molecule has 0 saturated heterocycles. The zero-order valence-corrected chi connectivity index (χ0v) is 30.9. The Hall–Kier alpha value is -7.96. The van der Waals surface area contributed by atoms with Crippen LogP contribution >= 0.6 is 0 Å². The fourth-order valence-corrected chi connectivity index (χ4v) is 8.37. The quantitative estimate of drug-likeness (QED) is 0.163. The lowest BCUT2D eigenvalue weighted by Gasteiger charge is -2.14. The molecule has 6 nitrogen and oxygen atoms in total. The molecule has 8 aromatic carbocycles. The third-order valence-electron chi connectivity index (χ3n) is 11.1. The minimum absolute atomic E-state index is 0.571. The number of pyridine rings is 1. The Balaban J connectivity index is 1.05. The molecule has 0 N–H and O–H groups in total. The number of fused-ring (bicyclic) bond motifs is 10. The average Bonchev–Trinajstić information content (AvgIpc) is 3.87. The molecule has 12 aromatic rings. The Morgan fingerprint density at radius 2 is 0.845 bits per heavy atom. The van der Waals surface area contributed by atoms with Gasteiger partial charge in [-0.3, -0.25) is 0 Å². The normalized spacial score (nSPS) is 11.8. The van der Waals surface area contributed by atoms with E-state index >= 15 is 0 Å². The maximum absolute atomic E-state index is 6.77. The molecule has 4 aromatic heterocycles. The molecule has 0 aliphatic heterocycles. The Kier molecular flexibility index (Phi) is 7.13. The van der Waals surface area contributed by atoms with E-state index < -0.39 is 0 Å². The van der Waals surface area contributed by atoms with Crippen molar-refractivity contribution in [3.8, 4) is 56.5 Å². The molecule has 0 radical (unpaired) electrons. The summed E-state index contributed by atoms with van der Waals surface area (Å²) in [6, 6.07) is 62.1. The van der Waals surface area contributed by atoms with E-state index in [0.717, 1.165) is 105 Å². The topological polar surface area (TPSA) is 77.8 Å². The van der Waals surface area contributed by atoms with Gasteiger partial charge >= 0.3 is 0 Å². The lowest BCUT2D eigenvalue weighted by molar-refractivity contribution is 0.669. The Labute approximate surface area is 331 Å². The van der Waals surface area contributed by atoms with E-state index in [1.807, 2.05) is 78.9 Å². The molecular weight excluding hydrogens is 713 g/mol. The summed E-state index contributed by atoms with van der Waals surface area (Å²) >= 11 is 0. The number of hydrogen-bond acceptors (Lipinski definition) is 6. The number of furan rings is 2. The van der Waals surface area contributed by atoms with Crippen LogP contribution in [0.25, 0.3) is 122 Å². The van der Waals surface area contributed by atoms with Crippen molar-refractivity contribution in [3.63, 3.8) is 0 Å². The standard InChI is InChI=1S/C52H30N4O2/c1-3-13-32(14-4-1)48-41-30-40(49-47(39-19-9-12-22-44(39)58-49)46(41)38-18-7-10-20-42(38)53-48)31-23-25-34(26-24-31)51-54-50(33-15-5-2-6-16-33)55-52(56-51)35-27-28-37-36-17-8-11-21-43(36)57-45(37)29-35/h1-30H. The number of hydrogen-bond donors (Lipinski definition) is 0. The van der Waals surface area contributed by atoms with E-state index in [4.69, 9.17) is 28.8 Å². The van der Waals surface area contributed by atoms with Gasteiger partial charge < -0.3 is 8.83 Å². The van der Waals surface area contributed by atoms with Gasteiger partial charge in [0.2, 0.25) is 0 Å². The summed E-state index contributed by atoms with van der Waals surface area (Å²) < 4.78 is 13.0. The van der Waals surface area contributed by atoms with Crippen molar-refractivity contribution in [2.24, 2.45) is 0 Å². The van der Waals surface area contributed by atoms with Crippen molar-refractivity contribution in [1.82, 2.24) is 19.9 Å². The van der Waals surface area contributed by atoms with E-state index in [-0.39, 0.29) is 0 Å². The second-order valence-electron chi connectivity index (χ2n) is 14.6.